The predicted octanol–water partition coefficient (Wildman–Crippen LogP) is 6.53. The summed E-state index contributed by atoms with van der Waals surface area (Å²) in [5.74, 6) is 0. The molecule has 2 aliphatic rings. The van der Waals surface area contributed by atoms with Gasteiger partial charge in [0.15, 0.2) is 0 Å². The maximum atomic E-state index is 6.69. The number of fused-ring (bicyclic) bond motifs is 2. The molecule has 1 fully saturated rings. The molecule has 0 aromatic heterocycles. The van der Waals surface area contributed by atoms with Crippen LogP contribution in [-0.4, -0.2) is 10.7 Å². The van der Waals surface area contributed by atoms with Gasteiger partial charge in [-0.3, -0.25) is 0 Å². The SMILES string of the molecule is CC1=C(C)[C@@H]2C(c3ccccc3)(c3ccccc3)S[C@H]1[P@@]2(=S)c1ccccc1. The first-order chi connectivity index (χ1) is 13.6. The van der Waals surface area contributed by atoms with Crippen molar-refractivity contribution in [3.8, 4) is 0 Å². The van der Waals surface area contributed by atoms with E-state index in [1.54, 1.807) is 0 Å². The minimum absolute atomic E-state index is 0.109. The summed E-state index contributed by atoms with van der Waals surface area (Å²) in [6, 6.07) is 31.2. The third kappa shape index (κ3) is 2.35. The first kappa shape index (κ1) is 18.4. The summed E-state index contributed by atoms with van der Waals surface area (Å²) in [6.45, 7) is 4.65. The highest BCUT2D eigenvalue weighted by molar-refractivity contribution is 8.28. The fraction of sp³-hybridized carbons (Fsp3) is 0.200. The van der Waals surface area contributed by atoms with Gasteiger partial charge in [0.25, 0.3) is 0 Å². The summed E-state index contributed by atoms with van der Waals surface area (Å²) in [7, 11) is 0. The van der Waals surface area contributed by atoms with Crippen molar-refractivity contribution >= 4 is 34.9 Å². The molecule has 3 aromatic rings. The Hall–Kier alpha value is -1.60. The maximum absolute atomic E-state index is 6.69. The van der Waals surface area contributed by atoms with E-state index in [2.05, 4.69) is 117 Å². The predicted molar refractivity (Wildman–Crippen MR) is 128 cm³/mol. The van der Waals surface area contributed by atoms with Crippen LogP contribution < -0.4 is 5.30 Å². The van der Waals surface area contributed by atoms with E-state index in [0.29, 0.717) is 10.7 Å². The highest BCUT2D eigenvalue weighted by atomic mass is 32.4. The molecule has 3 atom stereocenters. The molecule has 0 nitrogen and oxygen atoms in total. The molecule has 5 rings (SSSR count). The topological polar surface area (TPSA) is 0 Å². The van der Waals surface area contributed by atoms with Crippen molar-refractivity contribution in [3.63, 3.8) is 0 Å². The maximum Gasteiger partial charge on any atom is 0.0782 e. The van der Waals surface area contributed by atoms with Crippen LogP contribution in [-0.2, 0) is 16.6 Å². The van der Waals surface area contributed by atoms with Crippen molar-refractivity contribution in [3.05, 3.63) is 113 Å². The lowest BCUT2D eigenvalue weighted by Gasteiger charge is -2.39. The molecule has 0 spiro atoms. The van der Waals surface area contributed by atoms with E-state index in [4.69, 9.17) is 11.8 Å². The van der Waals surface area contributed by atoms with Crippen LogP contribution in [0, 0.1) is 0 Å². The number of benzene rings is 3. The monoisotopic (exact) mass is 418 g/mol. The molecule has 28 heavy (non-hydrogen) atoms. The van der Waals surface area contributed by atoms with E-state index in [9.17, 15) is 0 Å². The molecule has 0 amide bonds. The van der Waals surface area contributed by atoms with Crippen molar-refractivity contribution in [1.29, 1.82) is 0 Å². The fourth-order valence-electron chi connectivity index (χ4n) is 5.04. The zero-order chi connectivity index (χ0) is 19.4. The normalized spacial score (nSPS) is 27.9. The Bertz CT molecular complexity index is 1050. The van der Waals surface area contributed by atoms with Gasteiger partial charge in [-0.15, -0.1) is 11.8 Å². The van der Waals surface area contributed by atoms with Gasteiger partial charge in [-0.05, 0) is 30.3 Å². The lowest BCUT2D eigenvalue weighted by Crippen LogP contribution is -2.36. The van der Waals surface area contributed by atoms with Crippen molar-refractivity contribution in [2.45, 2.75) is 29.2 Å². The van der Waals surface area contributed by atoms with Crippen LogP contribution in [0.1, 0.15) is 25.0 Å². The van der Waals surface area contributed by atoms with Crippen molar-refractivity contribution < 1.29 is 0 Å². The van der Waals surface area contributed by atoms with Gasteiger partial charge in [-0.2, -0.15) is 0 Å². The van der Waals surface area contributed by atoms with Crippen molar-refractivity contribution in [2.75, 3.05) is 0 Å². The van der Waals surface area contributed by atoms with Crippen LogP contribution in [0.3, 0.4) is 0 Å². The molecule has 0 saturated carbocycles. The average molecular weight is 419 g/mol. The number of allylic oxidation sites excluding steroid dienone is 1. The summed E-state index contributed by atoms with van der Waals surface area (Å²) in [5.41, 5.74) is 6.16. The van der Waals surface area contributed by atoms with Gasteiger partial charge in [0.05, 0.1) is 9.74 Å². The molecular formula is C25H23PS2. The Morgan fingerprint density at radius 1 is 0.714 bits per heavy atom. The minimum Gasteiger partial charge on any atom is -0.131 e. The average Bonchev–Trinajstić information content (AvgIpc) is 3.15. The van der Waals surface area contributed by atoms with Crippen molar-refractivity contribution in [1.82, 2.24) is 0 Å². The van der Waals surface area contributed by atoms with Gasteiger partial charge < -0.3 is 0 Å². The molecule has 0 radical (unpaired) electrons. The molecule has 1 saturated heterocycles. The smallest absolute Gasteiger partial charge is 0.0782 e. The highest BCUT2D eigenvalue weighted by Crippen LogP contribution is 2.82. The number of rotatable bonds is 3. The summed E-state index contributed by atoms with van der Waals surface area (Å²) >= 11 is 8.81. The van der Waals surface area contributed by atoms with E-state index in [1.165, 1.54) is 27.6 Å². The molecule has 2 heterocycles. The summed E-state index contributed by atoms with van der Waals surface area (Å²) in [5, 5.41) is 1.39. The van der Waals surface area contributed by atoms with E-state index in [0.717, 1.165) is 0 Å². The van der Waals surface area contributed by atoms with Crippen LogP contribution >= 0.6 is 17.8 Å². The molecule has 2 bridgehead atoms. The zero-order valence-electron chi connectivity index (χ0n) is 16.1. The number of thioether (sulfide) groups is 1. The third-order valence-electron chi connectivity index (χ3n) is 6.38. The Morgan fingerprint density at radius 2 is 1.18 bits per heavy atom. The molecule has 0 unspecified atom stereocenters. The lowest BCUT2D eigenvalue weighted by molar-refractivity contribution is 0.740. The largest absolute Gasteiger partial charge is 0.131 e. The van der Waals surface area contributed by atoms with Crippen LogP contribution in [0.5, 0.6) is 0 Å². The zero-order valence-corrected chi connectivity index (χ0v) is 18.6. The Kier molecular flexibility index (Phi) is 4.43. The Balaban J connectivity index is 1.82. The van der Waals surface area contributed by atoms with Gasteiger partial charge in [0.1, 0.15) is 0 Å². The number of hydrogen-bond acceptors (Lipinski definition) is 2. The van der Waals surface area contributed by atoms with Gasteiger partial charge in [-0.25, -0.2) is 0 Å². The quantitative estimate of drug-likeness (QED) is 0.350. The van der Waals surface area contributed by atoms with E-state index >= 15 is 0 Å². The molecule has 0 aliphatic carbocycles. The van der Waals surface area contributed by atoms with Gasteiger partial charge >= 0.3 is 0 Å². The minimum atomic E-state index is -1.84. The molecule has 3 heteroatoms. The molecule has 3 aromatic carbocycles. The summed E-state index contributed by atoms with van der Waals surface area (Å²) in [4.78, 5) is 0.412. The molecular weight excluding hydrogens is 395 g/mol. The standard InChI is InChI=1S/C25H23PS2/c1-18-19(2)24-26(27,22-16-10-5-11-17-22)23(18)25(28-24,20-12-6-3-7-13-20)21-14-8-4-9-15-21/h3-17,23-24H,1-2H3/t23-,24-,26-/m1/s1. The Morgan fingerprint density at radius 3 is 1.68 bits per heavy atom. The summed E-state index contributed by atoms with van der Waals surface area (Å²) in [6.07, 6.45) is 0. The van der Waals surface area contributed by atoms with Crippen LogP contribution in [0.2, 0.25) is 0 Å². The lowest BCUT2D eigenvalue weighted by atomic mass is 9.83. The van der Waals surface area contributed by atoms with E-state index < -0.39 is 6.04 Å². The highest BCUT2D eigenvalue weighted by Gasteiger charge is 2.64. The second-order valence-electron chi connectivity index (χ2n) is 7.75. The fourth-order valence-corrected chi connectivity index (χ4v) is 15.4. The second-order valence-corrected chi connectivity index (χ2v) is 14.2. The van der Waals surface area contributed by atoms with Crippen LogP contribution in [0.25, 0.3) is 0 Å². The first-order valence-corrected chi connectivity index (χ1v) is 13.5. The van der Waals surface area contributed by atoms with Crippen LogP contribution in [0.4, 0.5) is 0 Å². The van der Waals surface area contributed by atoms with Crippen LogP contribution in [0.15, 0.2) is 102 Å². The van der Waals surface area contributed by atoms with Gasteiger partial charge in [-0.1, -0.05) is 114 Å². The van der Waals surface area contributed by atoms with Gasteiger partial charge in [0, 0.05) is 11.7 Å². The molecule has 2 aliphatic heterocycles. The van der Waals surface area contributed by atoms with Crippen molar-refractivity contribution in [2.24, 2.45) is 0 Å². The first-order valence-electron chi connectivity index (χ1n) is 9.71. The molecule has 0 N–H and O–H groups in total. The number of hydrogen-bond donors (Lipinski definition) is 0. The Labute approximate surface area is 177 Å². The summed E-state index contributed by atoms with van der Waals surface area (Å²) < 4.78 is -0.109. The third-order valence-corrected chi connectivity index (χ3v) is 15.6. The van der Waals surface area contributed by atoms with Gasteiger partial charge in [0.2, 0.25) is 0 Å². The second kappa shape index (κ2) is 6.73. The molecule has 140 valence electrons. The van der Waals surface area contributed by atoms with E-state index in [1.807, 2.05) is 0 Å². The van der Waals surface area contributed by atoms with E-state index in [-0.39, 0.29) is 4.75 Å².